The first-order chi connectivity index (χ1) is 14.3. The Morgan fingerprint density at radius 1 is 0.867 bits per heavy atom. The van der Waals surface area contributed by atoms with Crippen molar-refractivity contribution in [3.05, 3.63) is 77.4 Å². The van der Waals surface area contributed by atoms with E-state index in [-0.39, 0.29) is 17.4 Å². The van der Waals surface area contributed by atoms with E-state index < -0.39 is 11.6 Å². The van der Waals surface area contributed by atoms with E-state index >= 15 is 0 Å². The van der Waals surface area contributed by atoms with Crippen LogP contribution in [0.25, 0.3) is 0 Å². The van der Waals surface area contributed by atoms with E-state index in [4.69, 9.17) is 9.47 Å². The number of hydrogen-bond donors (Lipinski definition) is 3. The van der Waals surface area contributed by atoms with Crippen LogP contribution >= 0.6 is 0 Å². The molecule has 30 heavy (non-hydrogen) atoms. The van der Waals surface area contributed by atoms with Gasteiger partial charge < -0.3 is 25.0 Å². The van der Waals surface area contributed by atoms with Gasteiger partial charge in [0.2, 0.25) is 5.91 Å². The first-order valence-electron chi connectivity index (χ1n) is 9.22. The van der Waals surface area contributed by atoms with Gasteiger partial charge in [0.1, 0.15) is 23.0 Å². The maximum atomic E-state index is 12.2. The highest BCUT2D eigenvalue weighted by Gasteiger charge is 2.47. The molecule has 1 amide bonds. The molecule has 0 atom stereocenters. The summed E-state index contributed by atoms with van der Waals surface area (Å²) >= 11 is 0. The summed E-state index contributed by atoms with van der Waals surface area (Å²) in [5.74, 6) is -0.184. The average Bonchev–Trinajstić information content (AvgIpc) is 2.66. The van der Waals surface area contributed by atoms with Crippen molar-refractivity contribution in [1.29, 1.82) is 0 Å². The Kier molecular flexibility index (Phi) is 4.58. The fourth-order valence-corrected chi connectivity index (χ4v) is 3.72. The molecule has 0 saturated carbocycles. The van der Waals surface area contributed by atoms with E-state index in [1.54, 1.807) is 36.4 Å². The zero-order chi connectivity index (χ0) is 21.5. The summed E-state index contributed by atoms with van der Waals surface area (Å²) in [6.07, 6.45) is 0. The van der Waals surface area contributed by atoms with Crippen molar-refractivity contribution < 1.29 is 29.3 Å². The van der Waals surface area contributed by atoms with Crippen LogP contribution in [0.1, 0.15) is 30.5 Å². The van der Waals surface area contributed by atoms with Crippen molar-refractivity contribution in [2.75, 3.05) is 5.32 Å². The molecule has 0 spiro atoms. The lowest BCUT2D eigenvalue weighted by atomic mass is 9.77. The highest BCUT2D eigenvalue weighted by Crippen LogP contribution is 2.53. The Hall–Kier alpha value is -4.00. The van der Waals surface area contributed by atoms with E-state index in [9.17, 15) is 19.8 Å². The van der Waals surface area contributed by atoms with Gasteiger partial charge in [0.05, 0.1) is 0 Å². The van der Waals surface area contributed by atoms with Crippen molar-refractivity contribution in [2.24, 2.45) is 0 Å². The summed E-state index contributed by atoms with van der Waals surface area (Å²) in [7, 11) is 0. The molecule has 0 fully saturated rings. The number of carbonyl (C=O) groups excluding carboxylic acids is 2. The highest BCUT2D eigenvalue weighted by atomic mass is 16.6. The van der Waals surface area contributed by atoms with Crippen molar-refractivity contribution in [2.45, 2.75) is 19.4 Å². The number of phenols is 2. The molecule has 0 aliphatic carbocycles. The number of phenolic OH excluding ortho intramolecular Hbond substituents is 2. The van der Waals surface area contributed by atoms with Crippen LogP contribution < -0.4 is 10.1 Å². The van der Waals surface area contributed by atoms with Crippen molar-refractivity contribution in [3.8, 4) is 23.0 Å². The molecule has 0 aromatic heterocycles. The normalized spacial score (nSPS) is 13.4. The maximum Gasteiger partial charge on any atom is 0.304 e. The molecule has 7 heteroatoms. The van der Waals surface area contributed by atoms with E-state index in [1.807, 2.05) is 0 Å². The predicted octanol–water partition coefficient (Wildman–Crippen LogP) is 4.02. The SMILES string of the molecule is CC(=O)Nc1ccc(C2(OC(C)=O)c3ccc(O)cc3Oc3cc(O)ccc32)cc1. The van der Waals surface area contributed by atoms with Gasteiger partial charge in [0.25, 0.3) is 0 Å². The molecule has 7 nitrogen and oxygen atoms in total. The number of nitrogens with one attached hydrogen (secondary N) is 1. The van der Waals surface area contributed by atoms with Gasteiger partial charge in [-0.05, 0) is 36.4 Å². The minimum absolute atomic E-state index is 0.0184. The summed E-state index contributed by atoms with van der Waals surface area (Å²) in [5, 5.41) is 22.6. The third-order valence-corrected chi connectivity index (χ3v) is 4.82. The molecular weight excluding hydrogens is 386 g/mol. The van der Waals surface area contributed by atoms with Gasteiger partial charge in [-0.1, -0.05) is 12.1 Å². The number of fused-ring (bicyclic) bond motifs is 2. The van der Waals surface area contributed by atoms with Crippen LogP contribution in [0.3, 0.4) is 0 Å². The van der Waals surface area contributed by atoms with Gasteiger partial charge in [-0.25, -0.2) is 0 Å². The fourth-order valence-electron chi connectivity index (χ4n) is 3.72. The molecule has 1 aliphatic rings. The summed E-state index contributed by atoms with van der Waals surface area (Å²) in [6, 6.07) is 16.0. The van der Waals surface area contributed by atoms with Crippen LogP contribution in [0.4, 0.5) is 5.69 Å². The van der Waals surface area contributed by atoms with Gasteiger partial charge in [-0.15, -0.1) is 0 Å². The smallest absolute Gasteiger partial charge is 0.304 e. The van der Waals surface area contributed by atoms with Crippen molar-refractivity contribution in [3.63, 3.8) is 0 Å². The Labute approximate surface area is 172 Å². The van der Waals surface area contributed by atoms with Crippen LogP contribution in [0, 0.1) is 0 Å². The zero-order valence-electron chi connectivity index (χ0n) is 16.3. The van der Waals surface area contributed by atoms with E-state index in [2.05, 4.69) is 5.32 Å². The average molecular weight is 405 g/mol. The Morgan fingerprint density at radius 3 is 1.87 bits per heavy atom. The molecule has 3 aromatic carbocycles. The Bertz CT molecular complexity index is 1100. The second-order valence-electron chi connectivity index (χ2n) is 7.00. The van der Waals surface area contributed by atoms with E-state index in [0.717, 1.165) is 0 Å². The minimum Gasteiger partial charge on any atom is -0.508 e. The molecule has 0 bridgehead atoms. The first-order valence-corrected chi connectivity index (χ1v) is 9.22. The zero-order valence-corrected chi connectivity index (χ0v) is 16.3. The molecule has 1 aliphatic heterocycles. The molecule has 1 heterocycles. The lowest BCUT2D eigenvalue weighted by Gasteiger charge is -2.39. The van der Waals surface area contributed by atoms with E-state index in [0.29, 0.717) is 33.9 Å². The highest BCUT2D eigenvalue weighted by molar-refractivity contribution is 5.88. The largest absolute Gasteiger partial charge is 0.508 e. The van der Waals surface area contributed by atoms with Crippen LogP contribution in [0.5, 0.6) is 23.0 Å². The fraction of sp³-hybridized carbons (Fsp3) is 0.130. The molecule has 3 N–H and O–H groups in total. The predicted molar refractivity (Wildman–Crippen MR) is 109 cm³/mol. The van der Waals surface area contributed by atoms with Gasteiger partial charge in [-0.2, -0.15) is 0 Å². The number of rotatable bonds is 3. The molecule has 0 saturated heterocycles. The van der Waals surface area contributed by atoms with Gasteiger partial charge in [0.15, 0.2) is 5.60 Å². The number of anilines is 1. The quantitative estimate of drug-likeness (QED) is 0.569. The summed E-state index contributed by atoms with van der Waals surface area (Å²) in [5.41, 5.74) is 0.842. The third kappa shape index (κ3) is 3.20. The van der Waals surface area contributed by atoms with Crippen LogP contribution in [-0.4, -0.2) is 22.1 Å². The molecule has 0 unspecified atom stereocenters. The lowest BCUT2D eigenvalue weighted by Crippen LogP contribution is -2.37. The monoisotopic (exact) mass is 405 g/mol. The van der Waals surface area contributed by atoms with Gasteiger partial charge in [-0.3, -0.25) is 9.59 Å². The second-order valence-corrected chi connectivity index (χ2v) is 7.00. The number of benzene rings is 3. The standard InChI is InChI=1S/C23H19NO6/c1-13(25)24-16-5-3-15(4-6-16)23(30-14(2)26)19-9-7-17(27)11-21(19)29-22-12-18(28)8-10-20(22)23/h3-12,27-28H,1-2H3,(H,24,25). The number of ether oxygens (including phenoxy) is 2. The summed E-state index contributed by atoms with van der Waals surface area (Å²) in [4.78, 5) is 23.6. The molecule has 0 radical (unpaired) electrons. The molecule has 152 valence electrons. The van der Waals surface area contributed by atoms with Crippen molar-refractivity contribution >= 4 is 17.6 Å². The third-order valence-electron chi connectivity index (χ3n) is 4.82. The van der Waals surface area contributed by atoms with E-state index in [1.165, 1.54) is 38.1 Å². The Balaban J connectivity index is 2.00. The number of aromatic hydroxyl groups is 2. The molecule has 3 aromatic rings. The van der Waals surface area contributed by atoms with Crippen LogP contribution in [0.2, 0.25) is 0 Å². The Morgan fingerprint density at radius 2 is 1.40 bits per heavy atom. The van der Waals surface area contributed by atoms with Gasteiger partial charge in [0, 0.05) is 48.4 Å². The first kappa shape index (κ1) is 19.3. The number of carbonyl (C=O) groups is 2. The maximum absolute atomic E-state index is 12.2. The molecule has 4 rings (SSSR count). The number of esters is 1. The lowest BCUT2D eigenvalue weighted by molar-refractivity contribution is -0.151. The number of amides is 1. The topological polar surface area (TPSA) is 105 Å². The molecular formula is C23H19NO6. The summed E-state index contributed by atoms with van der Waals surface area (Å²) in [6.45, 7) is 2.72. The minimum atomic E-state index is -1.38. The summed E-state index contributed by atoms with van der Waals surface area (Å²) < 4.78 is 11.9. The van der Waals surface area contributed by atoms with Crippen LogP contribution in [-0.2, 0) is 19.9 Å². The van der Waals surface area contributed by atoms with Crippen LogP contribution in [0.15, 0.2) is 60.7 Å². The number of hydrogen-bond acceptors (Lipinski definition) is 6. The van der Waals surface area contributed by atoms with Crippen molar-refractivity contribution in [1.82, 2.24) is 0 Å². The second kappa shape index (κ2) is 7.11. The van der Waals surface area contributed by atoms with Gasteiger partial charge >= 0.3 is 5.97 Å².